The van der Waals surface area contributed by atoms with E-state index >= 15 is 0 Å². The van der Waals surface area contributed by atoms with Gasteiger partial charge < -0.3 is 14.6 Å². The third-order valence-corrected chi connectivity index (χ3v) is 2.71. The van der Waals surface area contributed by atoms with Gasteiger partial charge in [-0.3, -0.25) is 9.59 Å². The molecule has 21 heavy (non-hydrogen) atoms. The molecule has 0 heterocycles. The number of aliphatic carboxylic acids is 1. The van der Waals surface area contributed by atoms with Crippen molar-refractivity contribution >= 4 is 18.2 Å². The number of hydrogen-bond donors (Lipinski definition) is 1. The zero-order valence-electron chi connectivity index (χ0n) is 11.6. The molecule has 0 saturated heterocycles. The lowest BCUT2D eigenvalue weighted by atomic mass is 10.1. The molecule has 1 aromatic rings. The minimum Gasteiger partial charge on any atom is -0.493 e. The average Bonchev–Trinajstić information content (AvgIpc) is 2.47. The Labute approximate surface area is 122 Å². The Balaban J connectivity index is 2.57. The maximum Gasteiger partial charge on any atom is 0.330 e. The third kappa shape index (κ3) is 5.10. The zero-order chi connectivity index (χ0) is 15.8. The summed E-state index contributed by atoms with van der Waals surface area (Å²) in [7, 11) is 1.40. The first-order chi connectivity index (χ1) is 9.97. The maximum absolute atomic E-state index is 11.7. The van der Waals surface area contributed by atoms with Gasteiger partial charge in [-0.25, -0.2) is 4.79 Å². The van der Waals surface area contributed by atoms with Crippen molar-refractivity contribution in [1.29, 1.82) is 0 Å². The number of carboxylic acid groups (broad SMARTS) is 1. The van der Waals surface area contributed by atoms with Crippen molar-refractivity contribution in [1.82, 2.24) is 0 Å². The molecule has 0 fully saturated rings. The predicted octanol–water partition coefficient (Wildman–Crippen LogP) is 2.22. The van der Waals surface area contributed by atoms with Gasteiger partial charge in [-0.05, 0) is 31.0 Å². The largest absolute Gasteiger partial charge is 0.493 e. The number of benzene rings is 1. The fraction of sp³-hybridized carbons (Fsp3) is 0.267. The molecule has 1 rings (SSSR count). The molecule has 0 bridgehead atoms. The first kappa shape index (κ1) is 16.4. The maximum atomic E-state index is 11.7. The van der Waals surface area contributed by atoms with Crippen LogP contribution in [0, 0.1) is 0 Å². The molecule has 6 heteroatoms. The summed E-state index contributed by atoms with van der Waals surface area (Å²) < 4.78 is 10.2. The molecule has 0 unspecified atom stereocenters. The molecule has 0 spiro atoms. The number of ether oxygens (including phenoxy) is 2. The summed E-state index contributed by atoms with van der Waals surface area (Å²) in [5.74, 6) is -1.09. The molecule has 0 atom stereocenters. The Morgan fingerprint density at radius 1 is 1.29 bits per heavy atom. The third-order valence-electron chi connectivity index (χ3n) is 2.71. The van der Waals surface area contributed by atoms with Crippen molar-refractivity contribution in [2.75, 3.05) is 7.11 Å². The summed E-state index contributed by atoms with van der Waals surface area (Å²) in [6, 6.07) is 4.43. The van der Waals surface area contributed by atoms with Gasteiger partial charge >= 0.3 is 11.9 Å². The quantitative estimate of drug-likeness (QED) is 0.342. The van der Waals surface area contributed by atoms with Crippen LogP contribution in [0.4, 0.5) is 0 Å². The molecule has 1 aromatic carbocycles. The van der Waals surface area contributed by atoms with Crippen molar-refractivity contribution in [3.63, 3.8) is 0 Å². The summed E-state index contributed by atoms with van der Waals surface area (Å²) in [5, 5.41) is 8.64. The number of esters is 1. The molecule has 0 radical (unpaired) electrons. The molecule has 112 valence electrons. The van der Waals surface area contributed by atoms with E-state index in [1.807, 2.05) is 0 Å². The highest BCUT2D eigenvalue weighted by Gasteiger charge is 2.12. The SMILES string of the molecule is C=C(CCCC(=O)Oc1ccc(C=O)cc1OC)C(=O)O. The van der Waals surface area contributed by atoms with E-state index in [0.717, 1.165) is 0 Å². The first-order valence-corrected chi connectivity index (χ1v) is 6.23. The van der Waals surface area contributed by atoms with Gasteiger partial charge in [0.2, 0.25) is 0 Å². The minimum atomic E-state index is -1.07. The second-order valence-corrected chi connectivity index (χ2v) is 4.26. The summed E-state index contributed by atoms with van der Waals surface area (Å²) in [4.78, 5) is 32.9. The number of rotatable bonds is 8. The van der Waals surface area contributed by atoms with Gasteiger partial charge in [-0.2, -0.15) is 0 Å². The van der Waals surface area contributed by atoms with Crippen molar-refractivity contribution in [3.05, 3.63) is 35.9 Å². The lowest BCUT2D eigenvalue weighted by molar-refractivity contribution is -0.135. The highest BCUT2D eigenvalue weighted by molar-refractivity contribution is 5.85. The molecule has 0 aromatic heterocycles. The highest BCUT2D eigenvalue weighted by Crippen LogP contribution is 2.28. The van der Waals surface area contributed by atoms with Gasteiger partial charge in [-0.1, -0.05) is 6.58 Å². The smallest absolute Gasteiger partial charge is 0.330 e. The standard InChI is InChI=1S/C15H16O6/c1-10(15(18)19)4-3-5-14(17)21-12-7-6-11(9-16)8-13(12)20-2/h6-9H,1,3-5H2,2H3,(H,18,19). The Morgan fingerprint density at radius 3 is 2.57 bits per heavy atom. The summed E-state index contributed by atoms with van der Waals surface area (Å²) in [5.41, 5.74) is 0.458. The van der Waals surface area contributed by atoms with Gasteiger partial charge in [-0.15, -0.1) is 0 Å². The number of methoxy groups -OCH3 is 1. The van der Waals surface area contributed by atoms with E-state index in [9.17, 15) is 14.4 Å². The summed E-state index contributed by atoms with van der Waals surface area (Å²) in [6.45, 7) is 3.38. The molecule has 1 N–H and O–H groups in total. The summed E-state index contributed by atoms with van der Waals surface area (Å²) >= 11 is 0. The Morgan fingerprint density at radius 2 is 2.00 bits per heavy atom. The van der Waals surface area contributed by atoms with Crippen LogP contribution in [0.15, 0.2) is 30.4 Å². The molecular formula is C15H16O6. The topological polar surface area (TPSA) is 89.9 Å². The molecule has 0 amide bonds. The fourth-order valence-corrected chi connectivity index (χ4v) is 1.57. The second-order valence-electron chi connectivity index (χ2n) is 4.26. The van der Waals surface area contributed by atoms with Gasteiger partial charge in [0.05, 0.1) is 7.11 Å². The van der Waals surface area contributed by atoms with E-state index < -0.39 is 11.9 Å². The van der Waals surface area contributed by atoms with Gasteiger partial charge in [0.25, 0.3) is 0 Å². The van der Waals surface area contributed by atoms with Crippen molar-refractivity contribution in [3.8, 4) is 11.5 Å². The van der Waals surface area contributed by atoms with Crippen molar-refractivity contribution in [2.45, 2.75) is 19.3 Å². The van der Waals surface area contributed by atoms with E-state index in [-0.39, 0.29) is 29.9 Å². The van der Waals surface area contributed by atoms with Gasteiger partial charge in [0.15, 0.2) is 11.5 Å². The van der Waals surface area contributed by atoms with E-state index in [4.69, 9.17) is 14.6 Å². The number of carbonyl (C=O) groups is 3. The van der Waals surface area contributed by atoms with E-state index in [2.05, 4.69) is 6.58 Å². The van der Waals surface area contributed by atoms with Crippen molar-refractivity contribution < 1.29 is 29.0 Å². The fourth-order valence-electron chi connectivity index (χ4n) is 1.57. The van der Waals surface area contributed by atoms with Crippen LogP contribution >= 0.6 is 0 Å². The van der Waals surface area contributed by atoms with Gasteiger partial charge in [0, 0.05) is 17.6 Å². The highest BCUT2D eigenvalue weighted by atomic mass is 16.6. The molecule has 0 saturated carbocycles. The first-order valence-electron chi connectivity index (χ1n) is 6.23. The number of aldehydes is 1. The second kappa shape index (κ2) is 7.84. The van der Waals surface area contributed by atoms with E-state index in [0.29, 0.717) is 18.3 Å². The minimum absolute atomic E-state index is 0.0516. The van der Waals surface area contributed by atoms with Crippen LogP contribution in [0.1, 0.15) is 29.6 Å². The summed E-state index contributed by atoms with van der Waals surface area (Å²) in [6.07, 6.45) is 1.26. The van der Waals surface area contributed by atoms with Crippen LogP contribution in [0.2, 0.25) is 0 Å². The molecular weight excluding hydrogens is 276 g/mol. The van der Waals surface area contributed by atoms with Crippen LogP contribution in [0.3, 0.4) is 0 Å². The predicted molar refractivity (Wildman–Crippen MR) is 74.6 cm³/mol. The lowest BCUT2D eigenvalue weighted by Crippen LogP contribution is -2.09. The Hall–Kier alpha value is -2.63. The molecule has 6 nitrogen and oxygen atoms in total. The lowest BCUT2D eigenvalue weighted by Gasteiger charge is -2.09. The number of hydrogen-bond acceptors (Lipinski definition) is 5. The molecule has 0 aliphatic carbocycles. The normalized spacial score (nSPS) is 9.76. The van der Waals surface area contributed by atoms with E-state index in [1.165, 1.54) is 25.3 Å². The molecule has 0 aliphatic heterocycles. The van der Waals surface area contributed by atoms with Gasteiger partial charge in [0.1, 0.15) is 6.29 Å². The number of carbonyl (C=O) groups excluding carboxylic acids is 2. The Bertz CT molecular complexity index is 561. The zero-order valence-corrected chi connectivity index (χ0v) is 11.6. The van der Waals surface area contributed by atoms with Crippen LogP contribution < -0.4 is 9.47 Å². The monoisotopic (exact) mass is 292 g/mol. The van der Waals surface area contributed by atoms with Crippen molar-refractivity contribution in [2.24, 2.45) is 0 Å². The van der Waals surface area contributed by atoms with Crippen LogP contribution in [0.25, 0.3) is 0 Å². The van der Waals surface area contributed by atoms with Crippen LogP contribution in [0.5, 0.6) is 11.5 Å². The Kier molecular flexibility index (Phi) is 6.13. The van der Waals surface area contributed by atoms with Crippen LogP contribution in [-0.4, -0.2) is 30.4 Å². The van der Waals surface area contributed by atoms with E-state index in [1.54, 1.807) is 0 Å². The average molecular weight is 292 g/mol. The molecule has 0 aliphatic rings. The van der Waals surface area contributed by atoms with Crippen LogP contribution in [-0.2, 0) is 9.59 Å². The number of carboxylic acids is 1.